The van der Waals surface area contributed by atoms with Crippen molar-refractivity contribution in [2.45, 2.75) is 31.6 Å². The molecule has 0 amide bonds. The van der Waals surface area contributed by atoms with E-state index in [2.05, 4.69) is 0 Å². The number of hydrogen-bond donors (Lipinski definition) is 1. The summed E-state index contributed by atoms with van der Waals surface area (Å²) in [6.45, 7) is 0.937. The molecule has 2 atom stereocenters. The van der Waals surface area contributed by atoms with Gasteiger partial charge in [0.25, 0.3) is 0 Å². The molecule has 0 bridgehead atoms. The van der Waals surface area contributed by atoms with Crippen molar-refractivity contribution in [1.29, 1.82) is 0 Å². The first-order chi connectivity index (χ1) is 7.85. The van der Waals surface area contributed by atoms with E-state index in [1.165, 1.54) is 23.3 Å². The van der Waals surface area contributed by atoms with Crippen molar-refractivity contribution in [1.82, 2.24) is 4.90 Å². The van der Waals surface area contributed by atoms with Gasteiger partial charge in [0, 0.05) is 6.04 Å². The molecular weight excluding hydrogens is 249 g/mol. The summed E-state index contributed by atoms with van der Waals surface area (Å²) in [5.41, 5.74) is 6.78. The molecule has 0 spiro atoms. The zero-order valence-corrected chi connectivity index (χ0v) is 10.7. The smallest absolute Gasteiger partial charge is 0.326 e. The lowest BCUT2D eigenvalue weighted by molar-refractivity contribution is -0.148. The number of thiophene rings is 1. The van der Waals surface area contributed by atoms with E-state index in [1.54, 1.807) is 0 Å². The van der Waals surface area contributed by atoms with Crippen LogP contribution in [-0.2, 0) is 0 Å². The van der Waals surface area contributed by atoms with Gasteiger partial charge in [-0.05, 0) is 35.9 Å². The lowest BCUT2D eigenvalue weighted by Crippen LogP contribution is -2.42. The second-order valence-corrected chi connectivity index (χ2v) is 4.88. The maximum Gasteiger partial charge on any atom is 0.401 e. The van der Waals surface area contributed by atoms with Gasteiger partial charge < -0.3 is 5.73 Å². The number of nitrogens with two attached hydrogens (primary N) is 1. The predicted molar refractivity (Wildman–Crippen MR) is 64.0 cm³/mol. The van der Waals surface area contributed by atoms with Crippen LogP contribution in [-0.4, -0.2) is 30.7 Å². The summed E-state index contributed by atoms with van der Waals surface area (Å²) in [7, 11) is 1.46. The van der Waals surface area contributed by atoms with Crippen molar-refractivity contribution < 1.29 is 13.2 Å². The molecule has 0 radical (unpaired) electrons. The van der Waals surface area contributed by atoms with Gasteiger partial charge in [0.15, 0.2) is 0 Å². The maximum atomic E-state index is 12.4. The van der Waals surface area contributed by atoms with E-state index < -0.39 is 12.7 Å². The molecule has 2 nitrogen and oxygen atoms in total. The van der Waals surface area contributed by atoms with Gasteiger partial charge in [-0.25, -0.2) is 0 Å². The molecule has 98 valence electrons. The Morgan fingerprint density at radius 1 is 1.47 bits per heavy atom. The third-order valence-electron chi connectivity index (χ3n) is 2.67. The van der Waals surface area contributed by atoms with Crippen LogP contribution in [0, 0.1) is 0 Å². The van der Waals surface area contributed by atoms with E-state index >= 15 is 0 Å². The van der Waals surface area contributed by atoms with Crippen molar-refractivity contribution in [3.8, 4) is 0 Å². The lowest BCUT2D eigenvalue weighted by Gasteiger charge is -2.32. The van der Waals surface area contributed by atoms with E-state index in [4.69, 9.17) is 5.73 Å². The Morgan fingerprint density at radius 3 is 2.53 bits per heavy atom. The van der Waals surface area contributed by atoms with Crippen LogP contribution in [0.2, 0.25) is 0 Å². The normalized spacial score (nSPS) is 16.2. The van der Waals surface area contributed by atoms with Gasteiger partial charge >= 0.3 is 6.18 Å². The molecule has 0 aliphatic carbocycles. The summed E-state index contributed by atoms with van der Waals surface area (Å²) in [5, 5.41) is 3.71. The number of hydrogen-bond acceptors (Lipinski definition) is 3. The van der Waals surface area contributed by atoms with Crippen LogP contribution in [0.25, 0.3) is 0 Å². The van der Waals surface area contributed by atoms with Crippen molar-refractivity contribution >= 4 is 11.3 Å². The van der Waals surface area contributed by atoms with E-state index in [0.29, 0.717) is 6.42 Å². The third kappa shape index (κ3) is 4.29. The Labute approximate surface area is 103 Å². The van der Waals surface area contributed by atoms with Crippen molar-refractivity contribution in [2.75, 3.05) is 13.6 Å². The summed E-state index contributed by atoms with van der Waals surface area (Å²) in [4.78, 5) is 1.27. The van der Waals surface area contributed by atoms with Crippen LogP contribution >= 0.6 is 11.3 Å². The molecule has 0 saturated heterocycles. The second-order valence-electron chi connectivity index (χ2n) is 4.10. The molecule has 1 rings (SSSR count). The minimum absolute atomic E-state index is 0.294. The summed E-state index contributed by atoms with van der Waals surface area (Å²) in [5.74, 6) is 0. The highest BCUT2D eigenvalue weighted by Gasteiger charge is 2.34. The van der Waals surface area contributed by atoms with Crippen LogP contribution < -0.4 is 5.73 Å². The Balaban J connectivity index is 2.84. The van der Waals surface area contributed by atoms with Gasteiger partial charge in [-0.2, -0.15) is 24.5 Å². The maximum absolute atomic E-state index is 12.4. The zero-order valence-electron chi connectivity index (χ0n) is 9.87. The molecule has 1 aromatic heterocycles. The Morgan fingerprint density at radius 2 is 2.12 bits per heavy atom. The Hall–Kier alpha value is -0.590. The van der Waals surface area contributed by atoms with Gasteiger partial charge in [0.1, 0.15) is 0 Å². The lowest BCUT2D eigenvalue weighted by atomic mass is 9.99. The summed E-state index contributed by atoms with van der Waals surface area (Å²) in [6, 6.07) is 1.15. The standard InChI is InChI=1S/C11H17F3N2S/c1-3-9(15)10(8-4-5-17-6-8)16(2)7-11(12,13)14/h4-6,9-10H,3,7,15H2,1-2H3. The molecule has 6 heteroatoms. The van der Waals surface area contributed by atoms with Crippen LogP contribution in [0.4, 0.5) is 13.2 Å². The first kappa shape index (κ1) is 14.5. The van der Waals surface area contributed by atoms with E-state index in [-0.39, 0.29) is 12.1 Å². The molecule has 0 aromatic carbocycles. The van der Waals surface area contributed by atoms with Gasteiger partial charge in [-0.15, -0.1) is 0 Å². The van der Waals surface area contributed by atoms with Gasteiger partial charge in [-0.1, -0.05) is 6.92 Å². The van der Waals surface area contributed by atoms with Crippen LogP contribution in [0.1, 0.15) is 24.9 Å². The Bertz CT molecular complexity index is 324. The average molecular weight is 266 g/mol. The molecule has 0 fully saturated rings. The largest absolute Gasteiger partial charge is 0.401 e. The second kappa shape index (κ2) is 5.84. The minimum Gasteiger partial charge on any atom is -0.326 e. The molecule has 2 unspecified atom stereocenters. The topological polar surface area (TPSA) is 29.3 Å². The number of likely N-dealkylation sites (N-methyl/N-ethyl adjacent to an activating group) is 1. The fourth-order valence-electron chi connectivity index (χ4n) is 1.88. The first-order valence-corrected chi connectivity index (χ1v) is 6.34. The quantitative estimate of drug-likeness (QED) is 0.887. The van der Waals surface area contributed by atoms with Crippen LogP contribution in [0.5, 0.6) is 0 Å². The molecule has 2 N–H and O–H groups in total. The summed E-state index contributed by atoms with van der Waals surface area (Å²) in [6.07, 6.45) is -3.56. The fourth-order valence-corrected chi connectivity index (χ4v) is 2.57. The van der Waals surface area contributed by atoms with Gasteiger partial charge in [-0.3, -0.25) is 4.90 Å². The van der Waals surface area contributed by atoms with Gasteiger partial charge in [0.05, 0.1) is 12.6 Å². The molecule has 0 saturated carbocycles. The van der Waals surface area contributed by atoms with Crippen molar-refractivity contribution in [3.05, 3.63) is 22.4 Å². The molecule has 0 aliphatic rings. The van der Waals surface area contributed by atoms with E-state index in [0.717, 1.165) is 5.56 Å². The highest BCUT2D eigenvalue weighted by Crippen LogP contribution is 2.28. The van der Waals surface area contributed by atoms with Crippen LogP contribution in [0.15, 0.2) is 16.8 Å². The number of rotatable bonds is 5. The highest BCUT2D eigenvalue weighted by atomic mass is 32.1. The third-order valence-corrected chi connectivity index (χ3v) is 3.37. The van der Waals surface area contributed by atoms with Crippen molar-refractivity contribution in [3.63, 3.8) is 0 Å². The molecule has 1 heterocycles. The first-order valence-electron chi connectivity index (χ1n) is 5.39. The predicted octanol–water partition coefficient (Wildman–Crippen LogP) is 3.02. The van der Waals surface area contributed by atoms with Crippen molar-refractivity contribution in [2.24, 2.45) is 5.73 Å². The number of alkyl halides is 3. The zero-order chi connectivity index (χ0) is 13.1. The average Bonchev–Trinajstić information content (AvgIpc) is 2.68. The van der Waals surface area contributed by atoms with Gasteiger partial charge in [0.2, 0.25) is 0 Å². The molecule has 1 aromatic rings. The highest BCUT2D eigenvalue weighted by molar-refractivity contribution is 7.07. The van der Waals surface area contributed by atoms with E-state index in [1.807, 2.05) is 23.8 Å². The molecular formula is C11H17F3N2S. The fraction of sp³-hybridized carbons (Fsp3) is 0.636. The Kier molecular flexibility index (Phi) is 4.97. The molecule has 0 aliphatic heterocycles. The monoisotopic (exact) mass is 266 g/mol. The SMILES string of the molecule is CCC(N)C(c1ccsc1)N(C)CC(F)(F)F. The number of nitrogens with zero attached hydrogens (tertiary/aromatic N) is 1. The minimum atomic E-state index is -4.20. The van der Waals surface area contributed by atoms with Crippen LogP contribution in [0.3, 0.4) is 0 Å². The summed E-state index contributed by atoms with van der Waals surface area (Å²) < 4.78 is 37.2. The molecule has 17 heavy (non-hydrogen) atoms. The van der Waals surface area contributed by atoms with E-state index in [9.17, 15) is 13.2 Å². The summed E-state index contributed by atoms with van der Waals surface area (Å²) >= 11 is 1.47. The number of halogens is 3.